The summed E-state index contributed by atoms with van der Waals surface area (Å²) in [6, 6.07) is 5.48. The van der Waals surface area contributed by atoms with Crippen molar-refractivity contribution in [3.63, 3.8) is 0 Å². The van der Waals surface area contributed by atoms with Crippen molar-refractivity contribution in [2.24, 2.45) is 5.92 Å². The second-order valence-electron chi connectivity index (χ2n) is 5.16. The Balaban J connectivity index is 1.85. The van der Waals surface area contributed by atoms with E-state index in [0.29, 0.717) is 18.0 Å². The second-order valence-corrected chi connectivity index (χ2v) is 5.16. The van der Waals surface area contributed by atoms with Gasteiger partial charge in [-0.25, -0.2) is 0 Å². The van der Waals surface area contributed by atoms with Gasteiger partial charge in [-0.1, -0.05) is 6.92 Å². The van der Waals surface area contributed by atoms with E-state index in [4.69, 9.17) is 0 Å². The number of hydrogen-bond acceptors (Lipinski definition) is 3. The molecule has 0 spiro atoms. The summed E-state index contributed by atoms with van der Waals surface area (Å²) in [6.45, 7) is 7.56. The summed E-state index contributed by atoms with van der Waals surface area (Å²) in [6.07, 6.45) is 3.24. The van der Waals surface area contributed by atoms with Gasteiger partial charge >= 0.3 is 0 Å². The Bertz CT molecular complexity index is 577. The molecule has 2 aromatic heterocycles. The van der Waals surface area contributed by atoms with Crippen molar-refractivity contribution in [1.29, 1.82) is 0 Å². The molecule has 20 heavy (non-hydrogen) atoms. The van der Waals surface area contributed by atoms with Crippen LogP contribution in [0.2, 0.25) is 0 Å². The number of carbonyl (C=O) groups excluding carboxylic acids is 1. The van der Waals surface area contributed by atoms with Crippen molar-refractivity contribution in [2.75, 3.05) is 6.54 Å². The molecule has 0 aliphatic heterocycles. The van der Waals surface area contributed by atoms with Crippen LogP contribution in [0, 0.1) is 19.8 Å². The van der Waals surface area contributed by atoms with Crippen molar-refractivity contribution >= 4 is 5.91 Å². The predicted molar refractivity (Wildman–Crippen MR) is 77.4 cm³/mol. The van der Waals surface area contributed by atoms with E-state index in [-0.39, 0.29) is 5.91 Å². The summed E-state index contributed by atoms with van der Waals surface area (Å²) < 4.78 is 1.98. The van der Waals surface area contributed by atoms with Gasteiger partial charge in [-0.15, -0.1) is 0 Å². The first-order valence-electron chi connectivity index (χ1n) is 6.75. The third kappa shape index (κ3) is 3.66. The first-order chi connectivity index (χ1) is 9.56. The van der Waals surface area contributed by atoms with E-state index >= 15 is 0 Å². The molecule has 0 fully saturated rings. The molecule has 0 saturated heterocycles. The lowest BCUT2D eigenvalue weighted by Gasteiger charge is -2.14. The highest BCUT2D eigenvalue weighted by molar-refractivity contribution is 5.93. The fraction of sp³-hybridized carbons (Fsp3) is 0.400. The maximum atomic E-state index is 11.9. The van der Waals surface area contributed by atoms with Crippen LogP contribution in [0.3, 0.4) is 0 Å². The Morgan fingerprint density at radius 2 is 2.05 bits per heavy atom. The molecule has 0 radical (unpaired) electrons. The molecule has 0 aromatic carbocycles. The fourth-order valence-corrected chi connectivity index (χ4v) is 2.09. The number of hydrogen-bond donors (Lipinski definition) is 1. The number of aromatic nitrogens is 3. The molecule has 2 heterocycles. The van der Waals surface area contributed by atoms with Crippen LogP contribution in [0.4, 0.5) is 0 Å². The largest absolute Gasteiger partial charge is 0.352 e. The van der Waals surface area contributed by atoms with Gasteiger partial charge < -0.3 is 5.32 Å². The number of amides is 1. The van der Waals surface area contributed by atoms with E-state index < -0.39 is 0 Å². The molecule has 1 N–H and O–H groups in total. The Labute approximate surface area is 119 Å². The first-order valence-corrected chi connectivity index (χ1v) is 6.75. The molecule has 0 aliphatic rings. The predicted octanol–water partition coefficient (Wildman–Crippen LogP) is 1.96. The first kappa shape index (κ1) is 14.2. The molecular weight excluding hydrogens is 252 g/mol. The van der Waals surface area contributed by atoms with E-state index in [2.05, 4.69) is 28.4 Å². The molecule has 5 nitrogen and oxygen atoms in total. The molecule has 106 valence electrons. The lowest BCUT2D eigenvalue weighted by molar-refractivity contribution is 0.0946. The molecule has 5 heteroatoms. The lowest BCUT2D eigenvalue weighted by Crippen LogP contribution is -2.30. The lowest BCUT2D eigenvalue weighted by atomic mass is 10.1. The van der Waals surface area contributed by atoms with Crippen molar-refractivity contribution < 1.29 is 4.79 Å². The van der Waals surface area contributed by atoms with Gasteiger partial charge in [-0.2, -0.15) is 5.10 Å². The summed E-state index contributed by atoms with van der Waals surface area (Å²) in [7, 11) is 0. The molecule has 1 unspecified atom stereocenters. The zero-order valence-electron chi connectivity index (χ0n) is 12.1. The van der Waals surface area contributed by atoms with Crippen LogP contribution in [0.1, 0.15) is 28.7 Å². The minimum atomic E-state index is -0.0624. The maximum absolute atomic E-state index is 11.9. The van der Waals surface area contributed by atoms with Crippen molar-refractivity contribution in [3.05, 3.63) is 47.5 Å². The molecule has 0 saturated carbocycles. The molecule has 0 bridgehead atoms. The van der Waals surface area contributed by atoms with E-state index in [0.717, 1.165) is 17.9 Å². The molecule has 1 atom stereocenters. The van der Waals surface area contributed by atoms with Crippen LogP contribution in [0.5, 0.6) is 0 Å². The van der Waals surface area contributed by atoms with Gasteiger partial charge in [0.05, 0.1) is 5.69 Å². The van der Waals surface area contributed by atoms with Crippen LogP contribution in [-0.2, 0) is 6.54 Å². The van der Waals surface area contributed by atoms with E-state index in [1.165, 1.54) is 0 Å². The molecule has 2 rings (SSSR count). The highest BCUT2D eigenvalue weighted by atomic mass is 16.1. The van der Waals surface area contributed by atoms with Gasteiger partial charge in [0.15, 0.2) is 0 Å². The van der Waals surface area contributed by atoms with Crippen LogP contribution < -0.4 is 5.32 Å². The Morgan fingerprint density at radius 1 is 1.35 bits per heavy atom. The third-order valence-corrected chi connectivity index (χ3v) is 3.14. The highest BCUT2D eigenvalue weighted by Crippen LogP contribution is 2.06. The average Bonchev–Trinajstić information content (AvgIpc) is 2.75. The number of nitrogens with one attached hydrogen (secondary N) is 1. The quantitative estimate of drug-likeness (QED) is 0.905. The summed E-state index contributed by atoms with van der Waals surface area (Å²) in [5.41, 5.74) is 2.81. The van der Waals surface area contributed by atoms with Crippen LogP contribution in [-0.4, -0.2) is 27.2 Å². The minimum absolute atomic E-state index is 0.0624. The third-order valence-electron chi connectivity index (χ3n) is 3.14. The maximum Gasteiger partial charge on any atom is 0.251 e. The Kier molecular flexibility index (Phi) is 4.50. The Morgan fingerprint density at radius 3 is 2.65 bits per heavy atom. The number of pyridine rings is 1. The number of carbonyl (C=O) groups is 1. The van der Waals surface area contributed by atoms with Crippen LogP contribution >= 0.6 is 0 Å². The molecule has 1 amide bonds. The SMILES string of the molecule is Cc1cc(C)n(CC(C)CNC(=O)c2ccncc2)n1. The highest BCUT2D eigenvalue weighted by Gasteiger charge is 2.10. The normalized spacial score (nSPS) is 12.2. The smallest absolute Gasteiger partial charge is 0.251 e. The van der Waals surface area contributed by atoms with Crippen LogP contribution in [0.15, 0.2) is 30.6 Å². The molecular formula is C15H20N4O. The second kappa shape index (κ2) is 6.32. The number of aryl methyl sites for hydroxylation is 2. The fourth-order valence-electron chi connectivity index (χ4n) is 2.09. The van der Waals surface area contributed by atoms with Gasteiger partial charge in [0, 0.05) is 36.7 Å². The van der Waals surface area contributed by atoms with Crippen LogP contribution in [0.25, 0.3) is 0 Å². The number of rotatable bonds is 5. The minimum Gasteiger partial charge on any atom is -0.352 e. The van der Waals surface area contributed by atoms with Crippen molar-refractivity contribution in [1.82, 2.24) is 20.1 Å². The zero-order chi connectivity index (χ0) is 14.5. The van der Waals surface area contributed by atoms with Gasteiger partial charge in [-0.3, -0.25) is 14.5 Å². The van der Waals surface area contributed by atoms with Crippen molar-refractivity contribution in [3.8, 4) is 0 Å². The molecule has 2 aromatic rings. The van der Waals surface area contributed by atoms with Gasteiger partial charge in [0.2, 0.25) is 0 Å². The van der Waals surface area contributed by atoms with E-state index in [1.807, 2.05) is 18.5 Å². The monoisotopic (exact) mass is 272 g/mol. The topological polar surface area (TPSA) is 59.8 Å². The molecule has 0 aliphatic carbocycles. The van der Waals surface area contributed by atoms with Gasteiger partial charge in [0.1, 0.15) is 0 Å². The number of nitrogens with zero attached hydrogens (tertiary/aromatic N) is 3. The summed E-state index contributed by atoms with van der Waals surface area (Å²) in [5.74, 6) is 0.256. The summed E-state index contributed by atoms with van der Waals surface area (Å²) in [5, 5.41) is 7.37. The van der Waals surface area contributed by atoms with E-state index in [9.17, 15) is 4.79 Å². The van der Waals surface area contributed by atoms with Gasteiger partial charge in [0.25, 0.3) is 5.91 Å². The zero-order valence-corrected chi connectivity index (χ0v) is 12.1. The summed E-state index contributed by atoms with van der Waals surface area (Å²) in [4.78, 5) is 15.8. The van der Waals surface area contributed by atoms with Gasteiger partial charge in [-0.05, 0) is 38.0 Å². The van der Waals surface area contributed by atoms with Crippen molar-refractivity contribution in [2.45, 2.75) is 27.3 Å². The van der Waals surface area contributed by atoms with E-state index in [1.54, 1.807) is 24.5 Å². The average molecular weight is 272 g/mol. The standard InChI is InChI=1S/C15H20N4O/c1-11(10-19-13(3)8-12(2)18-19)9-17-15(20)14-4-6-16-7-5-14/h4-8,11H,9-10H2,1-3H3,(H,17,20). The summed E-state index contributed by atoms with van der Waals surface area (Å²) >= 11 is 0. The Hall–Kier alpha value is -2.17.